The molecule has 2 aliphatic heterocycles. The van der Waals surface area contributed by atoms with E-state index in [1.807, 2.05) is 25.7 Å². The molecule has 0 aliphatic carbocycles. The molecule has 2 bridgehead atoms. The maximum absolute atomic E-state index is 12.6. The van der Waals surface area contributed by atoms with Crippen LogP contribution in [0.1, 0.15) is 39.5 Å². The van der Waals surface area contributed by atoms with Gasteiger partial charge in [-0.05, 0) is 45.7 Å². The zero-order valence-electron chi connectivity index (χ0n) is 16.8. The first kappa shape index (κ1) is 20.4. The van der Waals surface area contributed by atoms with Crippen molar-refractivity contribution in [1.82, 2.24) is 20.0 Å². The molecule has 0 N–H and O–H groups in total. The van der Waals surface area contributed by atoms with Crippen molar-refractivity contribution >= 4 is 11.9 Å². The number of ether oxygens (including phenoxy) is 1. The fourth-order valence-electron chi connectivity index (χ4n) is 3.86. The Hall–Kier alpha value is -2.85. The largest absolute Gasteiger partial charge is 0.471 e. The van der Waals surface area contributed by atoms with Gasteiger partial charge in [0, 0.05) is 24.8 Å². The van der Waals surface area contributed by atoms with Gasteiger partial charge in [-0.15, -0.1) is 0 Å². The highest BCUT2D eigenvalue weighted by Crippen LogP contribution is 2.34. The van der Waals surface area contributed by atoms with Crippen LogP contribution in [0.25, 0.3) is 11.4 Å². The number of alkyl halides is 3. The molecule has 2 aliphatic rings. The van der Waals surface area contributed by atoms with Gasteiger partial charge in [-0.2, -0.15) is 18.2 Å². The van der Waals surface area contributed by atoms with Crippen LogP contribution in [0.4, 0.5) is 23.8 Å². The summed E-state index contributed by atoms with van der Waals surface area (Å²) in [6.45, 7) is 6.76. The van der Waals surface area contributed by atoms with Crippen molar-refractivity contribution in [2.45, 2.75) is 57.5 Å². The maximum atomic E-state index is 12.6. The molecule has 0 saturated carbocycles. The fourth-order valence-corrected chi connectivity index (χ4v) is 3.86. The quantitative estimate of drug-likeness (QED) is 0.725. The second-order valence-electron chi connectivity index (χ2n) is 8.50. The second-order valence-corrected chi connectivity index (χ2v) is 8.50. The van der Waals surface area contributed by atoms with Crippen molar-refractivity contribution in [2.75, 3.05) is 18.0 Å². The third-order valence-corrected chi connectivity index (χ3v) is 5.09. The van der Waals surface area contributed by atoms with Crippen molar-refractivity contribution in [3.05, 3.63) is 24.2 Å². The summed E-state index contributed by atoms with van der Waals surface area (Å²) in [4.78, 5) is 24.2. The molecule has 2 saturated heterocycles. The van der Waals surface area contributed by atoms with Gasteiger partial charge in [0.15, 0.2) is 0 Å². The summed E-state index contributed by atoms with van der Waals surface area (Å²) < 4.78 is 47.7. The lowest BCUT2D eigenvalue weighted by molar-refractivity contribution is -0.159. The monoisotopic (exact) mass is 425 g/mol. The molecule has 4 rings (SSSR count). The van der Waals surface area contributed by atoms with E-state index < -0.39 is 17.7 Å². The predicted octanol–water partition coefficient (Wildman–Crippen LogP) is 3.74. The first-order valence-electron chi connectivity index (χ1n) is 9.65. The number of hydrogen-bond donors (Lipinski definition) is 0. The molecule has 2 fully saturated rings. The van der Waals surface area contributed by atoms with Gasteiger partial charge in [0.05, 0.1) is 12.1 Å². The van der Waals surface area contributed by atoms with Crippen molar-refractivity contribution < 1.29 is 27.2 Å². The smallest absolute Gasteiger partial charge is 0.444 e. The lowest BCUT2D eigenvalue weighted by Gasteiger charge is -2.41. The zero-order valence-corrected chi connectivity index (χ0v) is 16.8. The second kappa shape index (κ2) is 7.13. The van der Waals surface area contributed by atoms with Gasteiger partial charge in [0.25, 0.3) is 0 Å². The third-order valence-electron chi connectivity index (χ3n) is 5.09. The van der Waals surface area contributed by atoms with Crippen molar-refractivity contribution in [3.63, 3.8) is 0 Å². The van der Waals surface area contributed by atoms with Crippen LogP contribution >= 0.6 is 0 Å². The Kier molecular flexibility index (Phi) is 4.86. The molecule has 0 aromatic carbocycles. The molecule has 162 valence electrons. The summed E-state index contributed by atoms with van der Waals surface area (Å²) in [5, 5.41) is 3.37. The molecule has 2 aromatic heterocycles. The molecular weight excluding hydrogens is 403 g/mol. The van der Waals surface area contributed by atoms with Gasteiger partial charge >= 0.3 is 18.2 Å². The summed E-state index contributed by atoms with van der Waals surface area (Å²) in [6.07, 6.45) is -1.78. The van der Waals surface area contributed by atoms with Crippen LogP contribution in [0, 0.1) is 0 Å². The van der Waals surface area contributed by atoms with E-state index in [9.17, 15) is 18.0 Å². The first-order valence-corrected chi connectivity index (χ1v) is 9.65. The van der Waals surface area contributed by atoms with Gasteiger partial charge in [-0.25, -0.2) is 9.78 Å². The molecule has 2 atom stereocenters. The Labute approximate surface area is 171 Å². The average Bonchev–Trinajstić information content (AvgIpc) is 3.24. The molecule has 0 spiro atoms. The molecule has 0 radical (unpaired) electrons. The van der Waals surface area contributed by atoms with Crippen molar-refractivity contribution in [1.29, 1.82) is 0 Å². The van der Waals surface area contributed by atoms with E-state index in [1.54, 1.807) is 12.1 Å². The van der Waals surface area contributed by atoms with E-state index in [0.29, 0.717) is 24.5 Å². The average molecular weight is 425 g/mol. The van der Waals surface area contributed by atoms with Gasteiger partial charge in [0.1, 0.15) is 11.4 Å². The lowest BCUT2D eigenvalue weighted by Crippen LogP contribution is -2.57. The minimum Gasteiger partial charge on any atom is -0.444 e. The Morgan fingerprint density at radius 1 is 1.17 bits per heavy atom. The zero-order chi connectivity index (χ0) is 21.7. The number of amides is 1. The molecule has 11 heteroatoms. The van der Waals surface area contributed by atoms with Crippen LogP contribution in [-0.4, -0.2) is 56.9 Å². The van der Waals surface area contributed by atoms with E-state index >= 15 is 0 Å². The molecule has 4 heterocycles. The molecule has 8 nitrogen and oxygen atoms in total. The van der Waals surface area contributed by atoms with Gasteiger partial charge in [-0.3, -0.25) is 4.90 Å². The summed E-state index contributed by atoms with van der Waals surface area (Å²) in [6, 6.07) is 3.38. The van der Waals surface area contributed by atoms with Crippen LogP contribution < -0.4 is 4.90 Å². The standard InChI is InChI=1S/C19H22F3N5O3/c1-18(2,3)29-17(28)27-12-5-6-13(27)10-26(9-12)14-7-4-11(8-23-14)15-24-16(30-25-15)19(20,21)22/h4,7-8,12-13H,5-6,9-10H2,1-3H3/t12-,13+. The highest BCUT2D eigenvalue weighted by atomic mass is 19.4. The highest BCUT2D eigenvalue weighted by molar-refractivity contribution is 5.70. The van der Waals surface area contributed by atoms with Crippen LogP contribution in [0.15, 0.2) is 22.9 Å². The SMILES string of the molecule is CC(C)(C)OC(=O)N1[C@@H]2CC[C@H]1CN(c1ccc(-c3noc(C(F)(F)F)n3)cn1)C2. The highest BCUT2D eigenvalue weighted by Gasteiger charge is 2.44. The minimum absolute atomic E-state index is 0.0339. The van der Waals surface area contributed by atoms with Crippen LogP contribution in [-0.2, 0) is 10.9 Å². The van der Waals surface area contributed by atoms with Crippen LogP contribution in [0.5, 0.6) is 0 Å². The normalized spacial score (nSPS) is 21.8. The van der Waals surface area contributed by atoms with E-state index in [-0.39, 0.29) is 24.0 Å². The number of nitrogens with zero attached hydrogens (tertiary/aromatic N) is 5. The number of piperazine rings is 1. The number of fused-ring (bicyclic) bond motifs is 2. The van der Waals surface area contributed by atoms with Gasteiger partial charge < -0.3 is 14.2 Å². The first-order chi connectivity index (χ1) is 14.0. The Balaban J connectivity index is 1.45. The molecule has 2 aromatic rings. The van der Waals surface area contributed by atoms with Crippen molar-refractivity contribution in [2.24, 2.45) is 0 Å². The Bertz CT molecular complexity index is 909. The summed E-state index contributed by atoms with van der Waals surface area (Å²) >= 11 is 0. The van der Waals surface area contributed by atoms with Crippen LogP contribution in [0.3, 0.4) is 0 Å². The maximum Gasteiger partial charge on any atom is 0.471 e. The predicted molar refractivity (Wildman–Crippen MR) is 99.6 cm³/mol. The van der Waals surface area contributed by atoms with E-state index in [2.05, 4.69) is 24.5 Å². The number of anilines is 1. The molecule has 1 amide bonds. The molecule has 30 heavy (non-hydrogen) atoms. The van der Waals surface area contributed by atoms with E-state index in [0.717, 1.165) is 12.8 Å². The Morgan fingerprint density at radius 3 is 2.33 bits per heavy atom. The minimum atomic E-state index is -4.69. The molecular formula is C19H22F3N5O3. The molecule has 0 unspecified atom stereocenters. The summed E-state index contributed by atoms with van der Waals surface area (Å²) in [5.74, 6) is -0.883. The van der Waals surface area contributed by atoms with E-state index in [4.69, 9.17) is 4.74 Å². The number of carbonyl (C=O) groups is 1. The summed E-state index contributed by atoms with van der Waals surface area (Å²) in [7, 11) is 0. The summed E-state index contributed by atoms with van der Waals surface area (Å²) in [5.41, 5.74) is -0.222. The van der Waals surface area contributed by atoms with Crippen molar-refractivity contribution in [3.8, 4) is 11.4 Å². The lowest BCUT2D eigenvalue weighted by atomic mass is 10.1. The Morgan fingerprint density at radius 2 is 1.83 bits per heavy atom. The number of rotatable bonds is 2. The topological polar surface area (TPSA) is 84.6 Å². The van der Waals surface area contributed by atoms with Gasteiger partial charge in [0.2, 0.25) is 5.82 Å². The third kappa shape index (κ3) is 4.05. The number of aromatic nitrogens is 3. The number of carbonyl (C=O) groups excluding carboxylic acids is 1. The number of hydrogen-bond acceptors (Lipinski definition) is 7. The number of pyridine rings is 1. The number of halogens is 3. The fraction of sp³-hybridized carbons (Fsp3) is 0.579. The van der Waals surface area contributed by atoms with E-state index in [1.165, 1.54) is 6.20 Å². The van der Waals surface area contributed by atoms with Gasteiger partial charge in [-0.1, -0.05) is 5.16 Å². The van der Waals surface area contributed by atoms with Crippen LogP contribution in [0.2, 0.25) is 0 Å².